The highest BCUT2D eigenvalue weighted by Crippen LogP contribution is 2.22. The summed E-state index contributed by atoms with van der Waals surface area (Å²) in [6.45, 7) is 4.19. The number of piperazine rings is 1. The van der Waals surface area contributed by atoms with E-state index in [9.17, 15) is 9.59 Å². The predicted molar refractivity (Wildman–Crippen MR) is 80.0 cm³/mol. The summed E-state index contributed by atoms with van der Waals surface area (Å²) in [6.07, 6.45) is 0. The van der Waals surface area contributed by atoms with Crippen LogP contribution in [-0.4, -0.2) is 33.8 Å². The van der Waals surface area contributed by atoms with Crippen molar-refractivity contribution >= 4 is 29.0 Å². The van der Waals surface area contributed by atoms with Crippen molar-refractivity contribution in [2.24, 2.45) is 5.73 Å². The van der Waals surface area contributed by atoms with Gasteiger partial charge in [0.2, 0.25) is 11.8 Å². The van der Waals surface area contributed by atoms with Crippen molar-refractivity contribution in [2.75, 3.05) is 6.54 Å². The minimum absolute atomic E-state index is 0.171. The van der Waals surface area contributed by atoms with Crippen LogP contribution in [-0.2, 0) is 16.1 Å². The van der Waals surface area contributed by atoms with Gasteiger partial charge in [-0.05, 0) is 19.4 Å². The molecule has 20 heavy (non-hydrogen) atoms. The lowest BCUT2D eigenvalue weighted by Gasteiger charge is -2.40. The van der Waals surface area contributed by atoms with E-state index in [-0.39, 0.29) is 18.4 Å². The van der Waals surface area contributed by atoms with Gasteiger partial charge in [-0.1, -0.05) is 36.5 Å². The highest BCUT2D eigenvalue weighted by Gasteiger charge is 2.40. The number of thiocarbonyl (C=S) groups is 1. The highest BCUT2D eigenvalue weighted by atomic mass is 32.1. The number of carbonyl (C=O) groups is 2. The number of hydrogen-bond donors (Lipinski definition) is 2. The molecule has 2 amide bonds. The van der Waals surface area contributed by atoms with Crippen LogP contribution in [0.5, 0.6) is 0 Å². The number of hydrogen-bond acceptors (Lipinski definition) is 4. The number of imide groups is 1. The molecule has 0 saturated carbocycles. The molecule has 0 atom stereocenters. The van der Waals surface area contributed by atoms with E-state index < -0.39 is 5.54 Å². The largest absolute Gasteiger partial charge is 0.389 e. The van der Waals surface area contributed by atoms with Crippen LogP contribution in [0.15, 0.2) is 24.3 Å². The van der Waals surface area contributed by atoms with Gasteiger partial charge in [0.25, 0.3) is 0 Å². The summed E-state index contributed by atoms with van der Waals surface area (Å²) >= 11 is 5.03. The zero-order chi connectivity index (χ0) is 14.9. The van der Waals surface area contributed by atoms with Crippen LogP contribution >= 0.6 is 12.2 Å². The van der Waals surface area contributed by atoms with E-state index >= 15 is 0 Å². The summed E-state index contributed by atoms with van der Waals surface area (Å²) in [5.74, 6) is -0.580. The Bertz CT molecular complexity index is 584. The van der Waals surface area contributed by atoms with E-state index in [1.807, 2.05) is 29.2 Å². The van der Waals surface area contributed by atoms with Gasteiger partial charge >= 0.3 is 0 Å². The van der Waals surface area contributed by atoms with Crippen molar-refractivity contribution < 1.29 is 9.59 Å². The smallest absolute Gasteiger partial charge is 0.246 e. The molecule has 3 N–H and O–H groups in total. The number of benzene rings is 1. The maximum atomic E-state index is 11.9. The molecule has 0 unspecified atom stereocenters. The number of nitrogens with two attached hydrogens (primary N) is 1. The molecule has 1 aliphatic rings. The summed E-state index contributed by atoms with van der Waals surface area (Å²) in [4.78, 5) is 25.6. The van der Waals surface area contributed by atoms with Gasteiger partial charge in [-0.25, -0.2) is 0 Å². The molecule has 0 bridgehead atoms. The first-order valence-corrected chi connectivity index (χ1v) is 6.70. The number of amides is 2. The molecule has 1 heterocycles. The van der Waals surface area contributed by atoms with Crippen LogP contribution in [0.1, 0.15) is 25.0 Å². The zero-order valence-electron chi connectivity index (χ0n) is 11.5. The lowest BCUT2D eigenvalue weighted by molar-refractivity contribution is -0.145. The summed E-state index contributed by atoms with van der Waals surface area (Å²) in [5.41, 5.74) is 6.64. The Morgan fingerprint density at radius 2 is 2.05 bits per heavy atom. The van der Waals surface area contributed by atoms with E-state index in [1.165, 1.54) is 0 Å². The molecule has 1 aliphatic heterocycles. The van der Waals surface area contributed by atoms with Gasteiger partial charge < -0.3 is 5.73 Å². The minimum Gasteiger partial charge on any atom is -0.389 e. The number of carbonyl (C=O) groups excluding carboxylic acids is 2. The lowest BCUT2D eigenvalue weighted by atomic mass is 9.96. The van der Waals surface area contributed by atoms with Gasteiger partial charge in [-0.2, -0.15) is 0 Å². The van der Waals surface area contributed by atoms with Gasteiger partial charge in [0.05, 0.1) is 12.1 Å². The van der Waals surface area contributed by atoms with Crippen LogP contribution < -0.4 is 11.1 Å². The fourth-order valence-electron chi connectivity index (χ4n) is 2.19. The summed E-state index contributed by atoms with van der Waals surface area (Å²) in [5, 5.41) is 2.35. The van der Waals surface area contributed by atoms with Crippen molar-refractivity contribution in [3.05, 3.63) is 35.4 Å². The van der Waals surface area contributed by atoms with Crippen molar-refractivity contribution in [2.45, 2.75) is 25.9 Å². The maximum absolute atomic E-state index is 11.9. The molecule has 0 spiro atoms. The van der Waals surface area contributed by atoms with Crippen LogP contribution in [0.2, 0.25) is 0 Å². The molecule has 1 saturated heterocycles. The van der Waals surface area contributed by atoms with Crippen molar-refractivity contribution in [1.29, 1.82) is 0 Å². The summed E-state index contributed by atoms with van der Waals surface area (Å²) in [7, 11) is 0. The SMILES string of the molecule is CC1(C)C(=O)NC(=O)CN1Cc1ccccc1C(N)=S. The molecule has 0 aromatic heterocycles. The molecule has 1 aromatic carbocycles. The Balaban J connectivity index is 2.31. The van der Waals surface area contributed by atoms with E-state index in [0.717, 1.165) is 11.1 Å². The maximum Gasteiger partial charge on any atom is 0.246 e. The predicted octanol–water partition coefficient (Wildman–Crippen LogP) is 0.558. The second-order valence-corrected chi connectivity index (χ2v) is 5.75. The molecular formula is C14H17N3O2S. The fourth-order valence-corrected chi connectivity index (χ4v) is 2.39. The van der Waals surface area contributed by atoms with Crippen LogP contribution in [0.4, 0.5) is 0 Å². The van der Waals surface area contributed by atoms with E-state index in [1.54, 1.807) is 13.8 Å². The van der Waals surface area contributed by atoms with Gasteiger partial charge in [-0.3, -0.25) is 19.8 Å². The molecule has 5 nitrogen and oxygen atoms in total. The number of nitrogens with zero attached hydrogens (tertiary/aromatic N) is 1. The van der Waals surface area contributed by atoms with Crippen LogP contribution in [0.3, 0.4) is 0 Å². The molecule has 0 aliphatic carbocycles. The van der Waals surface area contributed by atoms with Gasteiger partial charge in [0, 0.05) is 12.1 Å². The van der Waals surface area contributed by atoms with Crippen molar-refractivity contribution in [1.82, 2.24) is 10.2 Å². The Labute approximate surface area is 123 Å². The van der Waals surface area contributed by atoms with Crippen LogP contribution in [0.25, 0.3) is 0 Å². The molecule has 6 heteroatoms. The topological polar surface area (TPSA) is 75.4 Å². The third kappa shape index (κ3) is 2.71. The number of rotatable bonds is 3. The molecule has 2 rings (SSSR count). The van der Waals surface area contributed by atoms with Gasteiger partial charge in [-0.15, -0.1) is 0 Å². The standard InChI is InChI=1S/C14H17N3O2S/c1-14(2)13(19)16-11(18)8-17(14)7-9-5-3-4-6-10(9)12(15)20/h3-6H,7-8H2,1-2H3,(H2,15,20)(H,16,18,19). The van der Waals surface area contributed by atoms with E-state index in [0.29, 0.717) is 11.5 Å². The first-order chi connectivity index (χ1) is 9.32. The normalized spacial score (nSPS) is 18.7. The zero-order valence-corrected chi connectivity index (χ0v) is 12.3. The van der Waals surface area contributed by atoms with Gasteiger partial charge in [0.1, 0.15) is 4.99 Å². The first-order valence-electron chi connectivity index (χ1n) is 6.29. The minimum atomic E-state index is -0.753. The van der Waals surface area contributed by atoms with E-state index in [2.05, 4.69) is 5.32 Å². The van der Waals surface area contributed by atoms with Crippen molar-refractivity contribution in [3.8, 4) is 0 Å². The monoisotopic (exact) mass is 291 g/mol. The van der Waals surface area contributed by atoms with Crippen molar-refractivity contribution in [3.63, 3.8) is 0 Å². The lowest BCUT2D eigenvalue weighted by Crippen LogP contribution is -2.63. The highest BCUT2D eigenvalue weighted by molar-refractivity contribution is 7.80. The quantitative estimate of drug-likeness (QED) is 0.628. The Hall–Kier alpha value is -1.79. The third-order valence-corrected chi connectivity index (χ3v) is 3.80. The second kappa shape index (κ2) is 5.30. The van der Waals surface area contributed by atoms with Gasteiger partial charge in [0.15, 0.2) is 0 Å². The second-order valence-electron chi connectivity index (χ2n) is 5.31. The van der Waals surface area contributed by atoms with Crippen LogP contribution in [0, 0.1) is 0 Å². The summed E-state index contributed by atoms with van der Waals surface area (Å²) < 4.78 is 0. The Morgan fingerprint density at radius 1 is 1.40 bits per heavy atom. The molecule has 0 radical (unpaired) electrons. The average Bonchev–Trinajstić information content (AvgIpc) is 2.36. The Morgan fingerprint density at radius 3 is 2.70 bits per heavy atom. The third-order valence-electron chi connectivity index (χ3n) is 3.58. The molecule has 1 fully saturated rings. The molecular weight excluding hydrogens is 274 g/mol. The molecule has 106 valence electrons. The van der Waals surface area contributed by atoms with E-state index in [4.69, 9.17) is 18.0 Å². The molecule has 1 aromatic rings. The fraction of sp³-hybridized carbons (Fsp3) is 0.357. The first kappa shape index (κ1) is 14.6. The average molecular weight is 291 g/mol. The summed E-state index contributed by atoms with van der Waals surface area (Å²) in [6, 6.07) is 7.49. The Kier molecular flexibility index (Phi) is 3.87. The number of nitrogens with one attached hydrogen (secondary N) is 1.